The van der Waals surface area contributed by atoms with Crippen molar-refractivity contribution in [3.63, 3.8) is 0 Å². The summed E-state index contributed by atoms with van der Waals surface area (Å²) in [6.07, 6.45) is 2.77. The Morgan fingerprint density at radius 3 is 3.08 bits per heavy atom. The molecule has 0 aliphatic carbocycles. The minimum atomic E-state index is 0.0848. The molecule has 0 fully saturated rings. The third-order valence-corrected chi connectivity index (χ3v) is 4.90. The van der Waals surface area contributed by atoms with Crippen LogP contribution in [-0.2, 0) is 16.1 Å². The van der Waals surface area contributed by atoms with Crippen molar-refractivity contribution in [2.75, 3.05) is 19.8 Å². The van der Waals surface area contributed by atoms with E-state index in [1.165, 1.54) is 0 Å². The summed E-state index contributed by atoms with van der Waals surface area (Å²) in [7, 11) is 0. The van der Waals surface area contributed by atoms with Crippen LogP contribution < -0.4 is 4.74 Å². The summed E-state index contributed by atoms with van der Waals surface area (Å²) in [5.41, 5.74) is 1.89. The zero-order chi connectivity index (χ0) is 16.4. The molecule has 6 nitrogen and oxygen atoms in total. The largest absolute Gasteiger partial charge is 0.491 e. The average Bonchev–Trinajstić information content (AvgIpc) is 3.19. The number of benzene rings is 1. The van der Waals surface area contributed by atoms with Crippen molar-refractivity contribution in [1.29, 1.82) is 0 Å². The van der Waals surface area contributed by atoms with E-state index >= 15 is 0 Å². The van der Waals surface area contributed by atoms with E-state index in [9.17, 15) is 0 Å². The number of H-pyrrole nitrogens is 1. The van der Waals surface area contributed by atoms with E-state index in [4.69, 9.17) is 14.2 Å². The molecule has 2 aromatic heterocycles. The van der Waals surface area contributed by atoms with Gasteiger partial charge in [0.15, 0.2) is 0 Å². The minimum absolute atomic E-state index is 0.0848. The van der Waals surface area contributed by atoms with Gasteiger partial charge in [-0.15, -0.1) is 11.3 Å². The number of nitrogens with one attached hydrogen (secondary N) is 1. The molecule has 3 aromatic rings. The molecule has 7 heteroatoms. The molecule has 0 saturated carbocycles. The van der Waals surface area contributed by atoms with Gasteiger partial charge in [-0.2, -0.15) is 5.10 Å². The van der Waals surface area contributed by atoms with Gasteiger partial charge < -0.3 is 14.2 Å². The highest BCUT2D eigenvalue weighted by Crippen LogP contribution is 2.33. The fraction of sp³-hybridized carbons (Fsp3) is 0.412. The maximum Gasteiger partial charge on any atom is 0.120 e. The van der Waals surface area contributed by atoms with Crippen LogP contribution in [0.15, 0.2) is 24.4 Å². The Bertz CT molecular complexity index is 829. The van der Waals surface area contributed by atoms with Crippen LogP contribution in [0.1, 0.15) is 18.4 Å². The minimum Gasteiger partial charge on any atom is -0.491 e. The van der Waals surface area contributed by atoms with Crippen molar-refractivity contribution in [2.45, 2.75) is 26.1 Å². The second-order valence-electron chi connectivity index (χ2n) is 5.78. The van der Waals surface area contributed by atoms with Crippen LogP contribution in [0, 0.1) is 0 Å². The first-order chi connectivity index (χ1) is 11.8. The Kier molecular flexibility index (Phi) is 4.46. The van der Waals surface area contributed by atoms with Gasteiger partial charge in [-0.05, 0) is 25.1 Å². The number of hydrogen-bond donors (Lipinski definition) is 1. The lowest BCUT2D eigenvalue weighted by Crippen LogP contribution is -2.15. The highest BCUT2D eigenvalue weighted by Gasteiger charge is 2.14. The molecule has 24 heavy (non-hydrogen) atoms. The smallest absolute Gasteiger partial charge is 0.120 e. The van der Waals surface area contributed by atoms with Gasteiger partial charge in [0.1, 0.15) is 16.5 Å². The van der Waals surface area contributed by atoms with E-state index in [1.807, 2.05) is 24.4 Å². The van der Waals surface area contributed by atoms with Gasteiger partial charge in [0.05, 0.1) is 42.9 Å². The van der Waals surface area contributed by atoms with E-state index in [1.54, 1.807) is 11.3 Å². The zero-order valence-electron chi connectivity index (χ0n) is 13.4. The van der Waals surface area contributed by atoms with Crippen molar-refractivity contribution in [1.82, 2.24) is 15.2 Å². The number of fused-ring (bicyclic) bond motifs is 4. The molecule has 0 spiro atoms. The Labute approximate surface area is 143 Å². The van der Waals surface area contributed by atoms with Gasteiger partial charge in [-0.1, -0.05) is 0 Å². The summed E-state index contributed by atoms with van der Waals surface area (Å²) in [4.78, 5) is 5.45. The number of aromatic amines is 1. The molecule has 4 bridgehead atoms. The Hall–Kier alpha value is -1.96. The maximum atomic E-state index is 6.02. The lowest BCUT2D eigenvalue weighted by molar-refractivity contribution is 0.0312. The molecule has 1 atom stereocenters. The van der Waals surface area contributed by atoms with Crippen LogP contribution in [-0.4, -0.2) is 41.1 Å². The second kappa shape index (κ2) is 6.88. The molecular formula is C17H19N3O3S. The standard InChI is InChI=1S/C17H19N3O3S/c1-11-4-5-21-6-7-22-10-16-18-9-15(24-16)17-13-8-12(23-11)2-3-14(13)19-20-17/h2-3,8-9,11H,4-7,10H2,1H3,(H,19,20)/t11-/m1/s1. The summed E-state index contributed by atoms with van der Waals surface area (Å²) < 4.78 is 17.2. The van der Waals surface area contributed by atoms with E-state index in [0.29, 0.717) is 26.4 Å². The molecule has 0 saturated heterocycles. The van der Waals surface area contributed by atoms with Gasteiger partial charge in [0.25, 0.3) is 0 Å². The number of hydrogen-bond acceptors (Lipinski definition) is 6. The fourth-order valence-electron chi connectivity index (χ4n) is 2.66. The predicted octanol–water partition coefficient (Wildman–Crippen LogP) is 3.39. The quantitative estimate of drug-likeness (QED) is 0.676. The summed E-state index contributed by atoms with van der Waals surface area (Å²) >= 11 is 1.60. The number of rotatable bonds is 0. The molecule has 1 aliphatic rings. The molecule has 0 amide bonds. The van der Waals surface area contributed by atoms with E-state index in [0.717, 1.165) is 38.7 Å². The summed E-state index contributed by atoms with van der Waals surface area (Å²) in [5.74, 6) is 0.845. The van der Waals surface area contributed by atoms with Gasteiger partial charge in [-0.3, -0.25) is 5.10 Å². The lowest BCUT2D eigenvalue weighted by atomic mass is 10.2. The first-order valence-corrected chi connectivity index (χ1v) is 8.86. The van der Waals surface area contributed by atoms with Crippen LogP contribution in [0.2, 0.25) is 0 Å². The highest BCUT2D eigenvalue weighted by atomic mass is 32.1. The SMILES string of the molecule is C[C@@H]1CCOCCOCc2ncc(s2)-c2n[nH]c3ccc(cc23)O1. The Balaban J connectivity index is 1.71. The summed E-state index contributed by atoms with van der Waals surface area (Å²) in [6, 6.07) is 6.00. The van der Waals surface area contributed by atoms with Crippen molar-refractivity contribution < 1.29 is 14.2 Å². The Morgan fingerprint density at radius 2 is 2.12 bits per heavy atom. The molecular weight excluding hydrogens is 326 g/mol. The van der Waals surface area contributed by atoms with Crippen molar-refractivity contribution >= 4 is 22.2 Å². The number of nitrogens with zero attached hydrogens (tertiary/aromatic N) is 2. The molecule has 3 heterocycles. The van der Waals surface area contributed by atoms with Gasteiger partial charge in [-0.25, -0.2) is 4.98 Å². The number of thiazole rings is 1. The fourth-order valence-corrected chi connectivity index (χ4v) is 3.52. The lowest BCUT2D eigenvalue weighted by Gasteiger charge is -2.15. The molecule has 1 aliphatic heterocycles. The molecule has 4 rings (SSSR count). The zero-order valence-corrected chi connectivity index (χ0v) is 14.3. The van der Waals surface area contributed by atoms with Gasteiger partial charge in [0, 0.05) is 18.0 Å². The predicted molar refractivity (Wildman–Crippen MR) is 92.4 cm³/mol. The van der Waals surface area contributed by atoms with Crippen molar-refractivity contribution in [2.24, 2.45) is 0 Å². The van der Waals surface area contributed by atoms with E-state index in [-0.39, 0.29) is 6.10 Å². The Morgan fingerprint density at radius 1 is 1.21 bits per heavy atom. The molecule has 0 radical (unpaired) electrons. The van der Waals surface area contributed by atoms with E-state index in [2.05, 4.69) is 22.1 Å². The van der Waals surface area contributed by atoms with Crippen molar-refractivity contribution in [3.8, 4) is 16.3 Å². The number of aromatic nitrogens is 3. The average molecular weight is 345 g/mol. The highest BCUT2D eigenvalue weighted by molar-refractivity contribution is 7.15. The normalized spacial score (nSPS) is 19.5. The summed E-state index contributed by atoms with van der Waals surface area (Å²) in [5, 5.41) is 9.51. The molecule has 1 N–H and O–H groups in total. The molecule has 126 valence electrons. The molecule has 0 unspecified atom stereocenters. The van der Waals surface area contributed by atoms with Gasteiger partial charge >= 0.3 is 0 Å². The van der Waals surface area contributed by atoms with Crippen LogP contribution in [0.3, 0.4) is 0 Å². The second-order valence-corrected chi connectivity index (χ2v) is 6.90. The van der Waals surface area contributed by atoms with Crippen LogP contribution in [0.4, 0.5) is 0 Å². The topological polar surface area (TPSA) is 69.3 Å². The van der Waals surface area contributed by atoms with Crippen LogP contribution in [0.5, 0.6) is 5.75 Å². The first-order valence-electron chi connectivity index (χ1n) is 8.05. The van der Waals surface area contributed by atoms with E-state index < -0.39 is 0 Å². The van der Waals surface area contributed by atoms with Crippen LogP contribution in [0.25, 0.3) is 21.5 Å². The molecule has 1 aromatic carbocycles. The maximum absolute atomic E-state index is 6.02. The first kappa shape index (κ1) is 15.6. The van der Waals surface area contributed by atoms with Crippen molar-refractivity contribution in [3.05, 3.63) is 29.4 Å². The third-order valence-electron chi connectivity index (χ3n) is 3.92. The number of ether oxygens (including phenoxy) is 3. The third kappa shape index (κ3) is 3.28. The summed E-state index contributed by atoms with van der Waals surface area (Å²) in [6.45, 7) is 4.36. The monoisotopic (exact) mass is 345 g/mol. The van der Waals surface area contributed by atoms with Crippen LogP contribution >= 0.6 is 11.3 Å². The van der Waals surface area contributed by atoms with Gasteiger partial charge in [0.2, 0.25) is 0 Å².